The maximum atomic E-state index is 12.3. The van der Waals surface area contributed by atoms with Gasteiger partial charge in [-0.1, -0.05) is 72.8 Å². The first-order valence-electron chi connectivity index (χ1n) is 8.94. The summed E-state index contributed by atoms with van der Waals surface area (Å²) in [5.41, 5.74) is 1.96. The molecule has 0 unspecified atom stereocenters. The van der Waals surface area contributed by atoms with Crippen molar-refractivity contribution in [3.8, 4) is 0 Å². The monoisotopic (exact) mass is 349 g/mol. The fraction of sp³-hybridized carbons (Fsp3) is 0.273. The second-order valence-electron chi connectivity index (χ2n) is 6.45. The minimum absolute atomic E-state index is 0.243. The molecular formula is C22H23NO3. The molecule has 1 N–H and O–H groups in total. The number of benzene rings is 2. The first-order valence-corrected chi connectivity index (χ1v) is 8.94. The average Bonchev–Trinajstić information content (AvgIpc) is 3.19. The van der Waals surface area contributed by atoms with E-state index in [1.807, 2.05) is 66.7 Å². The summed E-state index contributed by atoms with van der Waals surface area (Å²) in [4.78, 5) is 24.2. The summed E-state index contributed by atoms with van der Waals surface area (Å²) in [6.07, 6.45) is 6.45. The Hall–Kier alpha value is -2.88. The summed E-state index contributed by atoms with van der Waals surface area (Å²) in [5.74, 6) is -0.391. The van der Waals surface area contributed by atoms with Crippen molar-refractivity contribution >= 4 is 11.9 Å². The zero-order valence-electron chi connectivity index (χ0n) is 14.6. The molecule has 1 atom stereocenters. The molecule has 26 heavy (non-hydrogen) atoms. The second-order valence-corrected chi connectivity index (χ2v) is 6.45. The highest BCUT2D eigenvalue weighted by atomic mass is 16.5. The highest BCUT2D eigenvalue weighted by Crippen LogP contribution is 2.22. The summed E-state index contributed by atoms with van der Waals surface area (Å²) < 4.78 is 5.15. The molecule has 1 amide bonds. The number of hydrogen-bond donors (Lipinski definition) is 1. The molecule has 0 aromatic heterocycles. The maximum absolute atomic E-state index is 12.3. The van der Waals surface area contributed by atoms with E-state index in [0.717, 1.165) is 24.0 Å². The lowest BCUT2D eigenvalue weighted by Crippen LogP contribution is -2.33. The largest absolute Gasteiger partial charge is 0.456 e. The number of amides is 1. The van der Waals surface area contributed by atoms with Crippen LogP contribution in [0.2, 0.25) is 0 Å². The molecule has 0 radical (unpaired) electrons. The van der Waals surface area contributed by atoms with E-state index >= 15 is 0 Å². The van der Waals surface area contributed by atoms with E-state index in [0.29, 0.717) is 6.42 Å². The molecule has 2 aromatic rings. The van der Waals surface area contributed by atoms with E-state index in [-0.39, 0.29) is 30.4 Å². The van der Waals surface area contributed by atoms with E-state index in [1.165, 1.54) is 0 Å². The van der Waals surface area contributed by atoms with Crippen molar-refractivity contribution in [2.45, 2.75) is 25.3 Å². The number of hydrogen-bond acceptors (Lipinski definition) is 3. The fourth-order valence-corrected chi connectivity index (χ4v) is 3.14. The molecule has 0 saturated carbocycles. The number of carbonyl (C=O) groups excluding carboxylic acids is 2. The van der Waals surface area contributed by atoms with Crippen molar-refractivity contribution < 1.29 is 14.3 Å². The minimum Gasteiger partial charge on any atom is -0.456 e. The molecule has 1 aliphatic rings. The molecular weight excluding hydrogens is 326 g/mol. The van der Waals surface area contributed by atoms with Gasteiger partial charge in [0.1, 0.15) is 0 Å². The predicted molar refractivity (Wildman–Crippen MR) is 100 cm³/mol. The van der Waals surface area contributed by atoms with Crippen LogP contribution in [0.3, 0.4) is 0 Å². The first-order chi connectivity index (χ1) is 12.7. The summed E-state index contributed by atoms with van der Waals surface area (Å²) in [6, 6.07) is 19.2. The van der Waals surface area contributed by atoms with Crippen LogP contribution in [-0.2, 0) is 14.3 Å². The van der Waals surface area contributed by atoms with Gasteiger partial charge < -0.3 is 10.1 Å². The molecule has 0 heterocycles. The molecule has 0 fully saturated rings. The number of rotatable bonds is 7. The van der Waals surface area contributed by atoms with Crippen LogP contribution in [0.5, 0.6) is 0 Å². The standard InChI is InChI=1S/C22H23NO3/c24-20(16-26-21(25)15-17-9-7-8-10-17)23-22(18-11-3-1-4-12-18)19-13-5-2-6-14-19/h1-7,9,11-14,17,22H,8,10,15-16H2,(H,23,24)/t17-/m0/s1. The number of esters is 1. The van der Waals surface area contributed by atoms with Gasteiger partial charge in [-0.2, -0.15) is 0 Å². The van der Waals surface area contributed by atoms with Gasteiger partial charge in [-0.3, -0.25) is 9.59 Å². The Kier molecular flexibility index (Phi) is 6.20. The Balaban J connectivity index is 1.59. The smallest absolute Gasteiger partial charge is 0.306 e. The molecule has 134 valence electrons. The van der Waals surface area contributed by atoms with Crippen LogP contribution >= 0.6 is 0 Å². The van der Waals surface area contributed by atoms with Crippen LogP contribution in [0.15, 0.2) is 72.8 Å². The number of ether oxygens (including phenoxy) is 1. The van der Waals surface area contributed by atoms with Crippen LogP contribution in [-0.4, -0.2) is 18.5 Å². The molecule has 0 bridgehead atoms. The van der Waals surface area contributed by atoms with E-state index in [1.54, 1.807) is 0 Å². The Morgan fingerprint density at radius 1 is 1.00 bits per heavy atom. The maximum Gasteiger partial charge on any atom is 0.306 e. The molecule has 0 spiro atoms. The highest BCUT2D eigenvalue weighted by molar-refractivity contribution is 5.81. The summed E-state index contributed by atoms with van der Waals surface area (Å²) >= 11 is 0. The Bertz CT molecular complexity index is 716. The van der Waals surface area contributed by atoms with Crippen LogP contribution in [0, 0.1) is 5.92 Å². The SMILES string of the molecule is O=C(COC(=O)C[C@H]1C=CCC1)NC(c1ccccc1)c1ccccc1. The van der Waals surface area contributed by atoms with Crippen molar-refractivity contribution in [2.75, 3.05) is 6.61 Å². The fourth-order valence-electron chi connectivity index (χ4n) is 3.14. The average molecular weight is 349 g/mol. The molecule has 3 rings (SSSR count). The normalized spacial score (nSPS) is 15.8. The van der Waals surface area contributed by atoms with Crippen LogP contribution in [0.25, 0.3) is 0 Å². The highest BCUT2D eigenvalue weighted by Gasteiger charge is 2.19. The van der Waals surface area contributed by atoms with E-state index < -0.39 is 0 Å². The third-order valence-corrected chi connectivity index (χ3v) is 4.48. The molecule has 4 nitrogen and oxygen atoms in total. The third kappa shape index (κ3) is 5.06. The van der Waals surface area contributed by atoms with E-state index in [9.17, 15) is 9.59 Å². The zero-order valence-corrected chi connectivity index (χ0v) is 14.6. The van der Waals surface area contributed by atoms with E-state index in [4.69, 9.17) is 4.74 Å². The molecule has 0 saturated heterocycles. The van der Waals surface area contributed by atoms with Crippen LogP contribution in [0.4, 0.5) is 0 Å². The topological polar surface area (TPSA) is 55.4 Å². The van der Waals surface area contributed by atoms with Crippen molar-refractivity contribution in [3.63, 3.8) is 0 Å². The Morgan fingerprint density at radius 2 is 1.62 bits per heavy atom. The second kappa shape index (κ2) is 8.99. The van der Waals surface area contributed by atoms with Crippen molar-refractivity contribution in [2.24, 2.45) is 5.92 Å². The van der Waals surface area contributed by atoms with Crippen LogP contribution in [0.1, 0.15) is 36.4 Å². The third-order valence-electron chi connectivity index (χ3n) is 4.48. The lowest BCUT2D eigenvalue weighted by atomic mass is 9.99. The van der Waals surface area contributed by atoms with Crippen LogP contribution < -0.4 is 5.32 Å². The predicted octanol–water partition coefficient (Wildman–Crippen LogP) is 3.79. The Morgan fingerprint density at radius 3 is 2.15 bits per heavy atom. The molecule has 1 aliphatic carbocycles. The number of allylic oxidation sites excluding steroid dienone is 2. The first kappa shape index (κ1) is 17.9. The lowest BCUT2D eigenvalue weighted by molar-refractivity contribution is -0.149. The Labute approximate surface area is 153 Å². The molecule has 0 aliphatic heterocycles. The van der Waals surface area contributed by atoms with Gasteiger partial charge in [0.05, 0.1) is 12.5 Å². The summed E-state index contributed by atoms with van der Waals surface area (Å²) in [7, 11) is 0. The quantitative estimate of drug-likeness (QED) is 0.611. The summed E-state index contributed by atoms with van der Waals surface area (Å²) in [6.45, 7) is -0.258. The number of carbonyl (C=O) groups is 2. The van der Waals surface area contributed by atoms with Gasteiger partial charge in [-0.15, -0.1) is 0 Å². The molecule has 2 aromatic carbocycles. The van der Waals surface area contributed by atoms with Gasteiger partial charge in [0.15, 0.2) is 6.61 Å². The molecule has 4 heteroatoms. The van der Waals surface area contributed by atoms with Crippen molar-refractivity contribution in [1.29, 1.82) is 0 Å². The zero-order chi connectivity index (χ0) is 18.2. The van der Waals surface area contributed by atoms with Gasteiger partial charge >= 0.3 is 5.97 Å². The van der Waals surface area contributed by atoms with Crippen molar-refractivity contribution in [1.82, 2.24) is 5.32 Å². The summed E-state index contributed by atoms with van der Waals surface area (Å²) in [5, 5.41) is 2.97. The van der Waals surface area contributed by atoms with Gasteiger partial charge in [-0.25, -0.2) is 0 Å². The van der Waals surface area contributed by atoms with E-state index in [2.05, 4.69) is 11.4 Å². The van der Waals surface area contributed by atoms with Gasteiger partial charge in [0.2, 0.25) is 0 Å². The van der Waals surface area contributed by atoms with Gasteiger partial charge in [0.25, 0.3) is 5.91 Å². The minimum atomic E-state index is -0.326. The lowest BCUT2D eigenvalue weighted by Gasteiger charge is -2.20. The van der Waals surface area contributed by atoms with Gasteiger partial charge in [0, 0.05) is 0 Å². The van der Waals surface area contributed by atoms with Crippen molar-refractivity contribution in [3.05, 3.63) is 83.9 Å². The van der Waals surface area contributed by atoms with Gasteiger partial charge in [-0.05, 0) is 29.9 Å². The number of nitrogens with one attached hydrogen (secondary N) is 1.